The Kier molecular flexibility index (Phi) is 3.23. The second-order valence-corrected chi connectivity index (χ2v) is 3.95. The Hall–Kier alpha value is -2.10. The molecule has 1 aromatic carbocycles. The molecule has 0 radical (unpaired) electrons. The molecule has 0 aliphatic carbocycles. The third kappa shape index (κ3) is 2.53. The zero-order valence-corrected chi connectivity index (χ0v) is 9.59. The predicted molar refractivity (Wildman–Crippen MR) is 65.6 cm³/mol. The van der Waals surface area contributed by atoms with Gasteiger partial charge in [-0.25, -0.2) is 0 Å². The van der Waals surface area contributed by atoms with Crippen LogP contribution in [0.3, 0.4) is 0 Å². The van der Waals surface area contributed by atoms with Gasteiger partial charge in [0.15, 0.2) is 0 Å². The van der Waals surface area contributed by atoms with Crippen molar-refractivity contribution in [3.8, 4) is 5.75 Å². The van der Waals surface area contributed by atoms with Gasteiger partial charge in [0.2, 0.25) is 5.91 Å². The third-order valence-electron chi connectivity index (χ3n) is 2.57. The van der Waals surface area contributed by atoms with E-state index in [0.717, 1.165) is 10.9 Å². The lowest BCUT2D eigenvalue weighted by molar-refractivity contribution is -0.122. The minimum Gasteiger partial charge on any atom is -0.490 e. The molecule has 2 N–H and O–H groups in total. The molecule has 1 unspecified atom stereocenters. The van der Waals surface area contributed by atoms with E-state index < -0.39 is 0 Å². The van der Waals surface area contributed by atoms with Gasteiger partial charge in [0.25, 0.3) is 0 Å². The Morgan fingerprint density at radius 3 is 2.94 bits per heavy atom. The Labute approximate surface area is 99.4 Å². The van der Waals surface area contributed by atoms with Gasteiger partial charge in [-0.1, -0.05) is 25.1 Å². The van der Waals surface area contributed by atoms with Gasteiger partial charge >= 0.3 is 0 Å². The molecule has 88 valence electrons. The quantitative estimate of drug-likeness (QED) is 0.870. The van der Waals surface area contributed by atoms with Gasteiger partial charge in [-0.05, 0) is 12.1 Å². The molecule has 0 saturated carbocycles. The minimum atomic E-state index is -0.363. The number of aromatic nitrogens is 1. The van der Waals surface area contributed by atoms with Gasteiger partial charge in [-0.3, -0.25) is 9.78 Å². The van der Waals surface area contributed by atoms with Crippen LogP contribution < -0.4 is 10.5 Å². The first-order valence-electron chi connectivity index (χ1n) is 5.44. The van der Waals surface area contributed by atoms with Gasteiger partial charge < -0.3 is 10.5 Å². The minimum absolute atomic E-state index is 0.269. The van der Waals surface area contributed by atoms with Crippen molar-refractivity contribution in [3.63, 3.8) is 0 Å². The molecular weight excluding hydrogens is 216 g/mol. The molecule has 0 saturated heterocycles. The summed E-state index contributed by atoms with van der Waals surface area (Å²) in [5.74, 6) is 0.00312. The van der Waals surface area contributed by atoms with Crippen LogP contribution in [0.5, 0.6) is 5.75 Å². The van der Waals surface area contributed by atoms with Crippen molar-refractivity contribution in [1.29, 1.82) is 0 Å². The highest BCUT2D eigenvalue weighted by Gasteiger charge is 2.10. The van der Waals surface area contributed by atoms with Crippen molar-refractivity contribution in [2.45, 2.75) is 6.92 Å². The zero-order valence-electron chi connectivity index (χ0n) is 9.59. The number of benzene rings is 1. The van der Waals surface area contributed by atoms with Gasteiger partial charge in [-0.15, -0.1) is 0 Å². The number of amides is 1. The maximum atomic E-state index is 10.9. The van der Waals surface area contributed by atoms with E-state index in [0.29, 0.717) is 5.75 Å². The largest absolute Gasteiger partial charge is 0.490 e. The van der Waals surface area contributed by atoms with E-state index in [9.17, 15) is 4.79 Å². The topological polar surface area (TPSA) is 65.2 Å². The van der Waals surface area contributed by atoms with Gasteiger partial charge in [0, 0.05) is 11.6 Å². The molecule has 2 aromatic rings. The number of primary amides is 1. The number of hydrogen-bond acceptors (Lipinski definition) is 3. The summed E-state index contributed by atoms with van der Waals surface area (Å²) >= 11 is 0. The number of hydrogen-bond donors (Lipinski definition) is 1. The van der Waals surface area contributed by atoms with Crippen molar-refractivity contribution < 1.29 is 9.53 Å². The monoisotopic (exact) mass is 230 g/mol. The highest BCUT2D eigenvalue weighted by molar-refractivity contribution is 5.84. The molecule has 4 heteroatoms. The molecule has 2 rings (SSSR count). The number of rotatable bonds is 4. The standard InChI is InChI=1S/C13H14N2O2/c1-9(13(14)16)8-17-11-6-2-4-10-5-3-7-15-12(10)11/h2-7,9H,8H2,1H3,(H2,14,16). The number of nitrogens with two attached hydrogens (primary N) is 1. The van der Waals surface area contributed by atoms with E-state index in [1.807, 2.05) is 30.3 Å². The molecule has 1 amide bonds. The van der Waals surface area contributed by atoms with Crippen LogP contribution in [-0.4, -0.2) is 17.5 Å². The lowest BCUT2D eigenvalue weighted by atomic mass is 10.2. The number of nitrogens with zero attached hydrogens (tertiary/aromatic N) is 1. The van der Waals surface area contributed by atoms with Crippen LogP contribution in [0, 0.1) is 5.92 Å². The maximum Gasteiger partial charge on any atom is 0.223 e. The van der Waals surface area contributed by atoms with E-state index in [4.69, 9.17) is 10.5 Å². The van der Waals surface area contributed by atoms with E-state index >= 15 is 0 Å². The van der Waals surface area contributed by atoms with E-state index in [1.54, 1.807) is 13.1 Å². The van der Waals surface area contributed by atoms with Crippen molar-refractivity contribution in [2.24, 2.45) is 11.7 Å². The average molecular weight is 230 g/mol. The summed E-state index contributed by atoms with van der Waals surface area (Å²) in [5, 5.41) is 1.01. The van der Waals surface area contributed by atoms with E-state index in [2.05, 4.69) is 4.98 Å². The normalized spacial score (nSPS) is 12.3. The van der Waals surface area contributed by atoms with Gasteiger partial charge in [0.05, 0.1) is 12.5 Å². The lowest BCUT2D eigenvalue weighted by Crippen LogP contribution is -2.25. The summed E-state index contributed by atoms with van der Waals surface area (Å²) in [5.41, 5.74) is 5.98. The number of pyridine rings is 1. The summed E-state index contributed by atoms with van der Waals surface area (Å²) in [6.45, 7) is 2.01. The number of carbonyl (C=O) groups excluding carboxylic acids is 1. The maximum absolute atomic E-state index is 10.9. The van der Waals surface area contributed by atoms with Crippen molar-refractivity contribution in [1.82, 2.24) is 4.98 Å². The Bertz CT molecular complexity index is 534. The highest BCUT2D eigenvalue weighted by Crippen LogP contribution is 2.23. The summed E-state index contributed by atoms with van der Waals surface area (Å²) in [4.78, 5) is 15.2. The number of carbonyl (C=O) groups is 1. The fraction of sp³-hybridized carbons (Fsp3) is 0.231. The molecule has 0 aliphatic rings. The third-order valence-corrected chi connectivity index (χ3v) is 2.57. The molecule has 1 atom stereocenters. The molecule has 1 aromatic heterocycles. The molecule has 1 heterocycles. The number of fused-ring (bicyclic) bond motifs is 1. The van der Waals surface area contributed by atoms with Crippen molar-refractivity contribution in [2.75, 3.05) is 6.61 Å². The lowest BCUT2D eigenvalue weighted by Gasteiger charge is -2.11. The summed E-state index contributed by atoms with van der Waals surface area (Å²) in [7, 11) is 0. The summed E-state index contributed by atoms with van der Waals surface area (Å²) in [6, 6.07) is 9.54. The van der Waals surface area contributed by atoms with Gasteiger partial charge in [-0.2, -0.15) is 0 Å². The first kappa shape index (κ1) is 11.4. The van der Waals surface area contributed by atoms with Crippen LogP contribution in [-0.2, 0) is 4.79 Å². The average Bonchev–Trinajstić information content (AvgIpc) is 2.35. The van der Waals surface area contributed by atoms with Gasteiger partial charge in [0.1, 0.15) is 11.3 Å². The SMILES string of the molecule is CC(COc1cccc2cccnc12)C(N)=O. The Morgan fingerprint density at radius 2 is 2.18 bits per heavy atom. The molecule has 17 heavy (non-hydrogen) atoms. The summed E-state index contributed by atoms with van der Waals surface area (Å²) < 4.78 is 5.58. The first-order valence-corrected chi connectivity index (χ1v) is 5.44. The molecule has 0 aliphatic heterocycles. The fourth-order valence-corrected chi connectivity index (χ4v) is 1.49. The summed E-state index contributed by atoms with van der Waals surface area (Å²) in [6.07, 6.45) is 1.71. The predicted octanol–water partition coefficient (Wildman–Crippen LogP) is 1.73. The van der Waals surface area contributed by atoms with Crippen LogP contribution in [0.15, 0.2) is 36.5 Å². The Morgan fingerprint density at radius 1 is 1.41 bits per heavy atom. The van der Waals surface area contributed by atoms with Crippen LogP contribution in [0.25, 0.3) is 10.9 Å². The fourth-order valence-electron chi connectivity index (χ4n) is 1.49. The van der Waals surface area contributed by atoms with Crippen molar-refractivity contribution >= 4 is 16.8 Å². The molecule has 4 nitrogen and oxygen atoms in total. The highest BCUT2D eigenvalue weighted by atomic mass is 16.5. The van der Waals surface area contributed by atoms with Crippen LogP contribution in [0.2, 0.25) is 0 Å². The zero-order chi connectivity index (χ0) is 12.3. The van der Waals surface area contributed by atoms with E-state index in [1.165, 1.54) is 0 Å². The first-order chi connectivity index (χ1) is 8.18. The molecule has 0 bridgehead atoms. The van der Waals surface area contributed by atoms with Crippen molar-refractivity contribution in [3.05, 3.63) is 36.5 Å². The molecule has 0 fully saturated rings. The number of para-hydroxylation sites is 1. The smallest absolute Gasteiger partial charge is 0.223 e. The second kappa shape index (κ2) is 4.82. The molecular formula is C13H14N2O2. The second-order valence-electron chi connectivity index (χ2n) is 3.95. The van der Waals surface area contributed by atoms with Crippen LogP contribution >= 0.6 is 0 Å². The number of ether oxygens (including phenoxy) is 1. The molecule has 0 spiro atoms. The Balaban J connectivity index is 2.21. The van der Waals surface area contributed by atoms with E-state index in [-0.39, 0.29) is 18.4 Å². The van der Waals surface area contributed by atoms with Crippen LogP contribution in [0.1, 0.15) is 6.92 Å². The van der Waals surface area contributed by atoms with Crippen LogP contribution in [0.4, 0.5) is 0 Å².